The Labute approximate surface area is 103 Å². The first-order valence-corrected chi connectivity index (χ1v) is 5.19. The maximum absolute atomic E-state index is 11.7. The highest BCUT2D eigenvalue weighted by Gasteiger charge is 2.30. The molecule has 6 heteroatoms. The zero-order valence-electron chi connectivity index (χ0n) is 9.69. The number of allylic oxidation sites excluding steroid dienone is 2. The molecule has 0 bridgehead atoms. The van der Waals surface area contributed by atoms with Crippen LogP contribution in [0.1, 0.15) is 19.8 Å². The summed E-state index contributed by atoms with van der Waals surface area (Å²) >= 11 is 0. The SMILES string of the molecule is CCOC(=O)C1=C(O)CC(=C(O)C#CO)C(=O)C1. The maximum Gasteiger partial charge on any atom is 0.337 e. The Bertz CT molecular complexity index is 500. The Balaban J connectivity index is 3.07. The van der Waals surface area contributed by atoms with Gasteiger partial charge in [0.1, 0.15) is 11.9 Å². The van der Waals surface area contributed by atoms with Crippen molar-refractivity contribution in [2.24, 2.45) is 0 Å². The Morgan fingerprint density at radius 2 is 2.11 bits per heavy atom. The van der Waals surface area contributed by atoms with Crippen LogP contribution in [0.5, 0.6) is 0 Å². The van der Waals surface area contributed by atoms with E-state index in [9.17, 15) is 19.8 Å². The summed E-state index contributed by atoms with van der Waals surface area (Å²) < 4.78 is 4.69. The monoisotopic (exact) mass is 252 g/mol. The van der Waals surface area contributed by atoms with Crippen molar-refractivity contribution in [2.75, 3.05) is 6.61 Å². The second kappa shape index (κ2) is 5.77. The quantitative estimate of drug-likeness (QED) is 0.291. The molecule has 0 radical (unpaired) electrons. The van der Waals surface area contributed by atoms with E-state index in [-0.39, 0.29) is 36.4 Å². The molecule has 0 aliphatic heterocycles. The van der Waals surface area contributed by atoms with Crippen LogP contribution >= 0.6 is 0 Å². The van der Waals surface area contributed by atoms with Gasteiger partial charge in [0.05, 0.1) is 17.8 Å². The van der Waals surface area contributed by atoms with Crippen LogP contribution in [0.3, 0.4) is 0 Å². The minimum Gasteiger partial charge on any atom is -0.511 e. The van der Waals surface area contributed by atoms with E-state index in [1.54, 1.807) is 6.92 Å². The summed E-state index contributed by atoms with van der Waals surface area (Å²) in [5, 5.41) is 27.3. The van der Waals surface area contributed by atoms with Gasteiger partial charge in [-0.1, -0.05) is 0 Å². The second-order valence-corrected chi connectivity index (χ2v) is 3.49. The number of ketones is 1. The minimum absolute atomic E-state index is 0.115. The van der Waals surface area contributed by atoms with Gasteiger partial charge in [0, 0.05) is 18.8 Å². The lowest BCUT2D eigenvalue weighted by Gasteiger charge is -2.16. The summed E-state index contributed by atoms with van der Waals surface area (Å²) in [6.45, 7) is 1.74. The molecule has 0 aromatic carbocycles. The van der Waals surface area contributed by atoms with E-state index in [4.69, 9.17) is 5.11 Å². The summed E-state index contributed by atoms with van der Waals surface area (Å²) in [6.07, 6.45) is 0.779. The number of hydrogen-bond acceptors (Lipinski definition) is 6. The molecule has 0 aromatic heterocycles. The first-order valence-electron chi connectivity index (χ1n) is 5.19. The highest BCUT2D eigenvalue weighted by Crippen LogP contribution is 2.27. The Kier molecular flexibility index (Phi) is 4.38. The van der Waals surface area contributed by atoms with Crippen LogP contribution < -0.4 is 0 Å². The fourth-order valence-corrected chi connectivity index (χ4v) is 1.49. The van der Waals surface area contributed by atoms with Gasteiger partial charge in [-0.15, -0.1) is 0 Å². The summed E-state index contributed by atoms with van der Waals surface area (Å²) in [4.78, 5) is 23.1. The molecular formula is C12H12O6. The molecule has 96 valence electrons. The van der Waals surface area contributed by atoms with Crippen molar-refractivity contribution in [3.63, 3.8) is 0 Å². The molecule has 1 aliphatic carbocycles. The molecule has 0 spiro atoms. The number of carbonyl (C=O) groups excluding carboxylic acids is 2. The van der Waals surface area contributed by atoms with Crippen LogP contribution in [0.4, 0.5) is 0 Å². The third kappa shape index (κ3) is 2.83. The molecule has 0 atom stereocenters. The molecule has 0 fully saturated rings. The van der Waals surface area contributed by atoms with Crippen molar-refractivity contribution in [1.82, 2.24) is 0 Å². The van der Waals surface area contributed by atoms with Crippen LogP contribution in [-0.4, -0.2) is 33.7 Å². The largest absolute Gasteiger partial charge is 0.511 e. The lowest BCUT2D eigenvalue weighted by molar-refractivity contribution is -0.139. The van der Waals surface area contributed by atoms with E-state index in [2.05, 4.69) is 4.74 Å². The smallest absolute Gasteiger partial charge is 0.337 e. The Hall–Kier alpha value is -2.42. The number of carbonyl (C=O) groups is 2. The highest BCUT2D eigenvalue weighted by atomic mass is 16.5. The van der Waals surface area contributed by atoms with E-state index in [0.717, 1.165) is 0 Å². The summed E-state index contributed by atoms with van der Waals surface area (Å²) in [5.41, 5.74) is -0.252. The van der Waals surface area contributed by atoms with Crippen LogP contribution in [0.2, 0.25) is 0 Å². The van der Waals surface area contributed by atoms with E-state index in [0.29, 0.717) is 0 Å². The van der Waals surface area contributed by atoms with Crippen LogP contribution in [-0.2, 0) is 14.3 Å². The standard InChI is InChI=1S/C12H12O6/c1-2-18-12(17)8-6-10(15)7(5-11(8)16)9(14)3-4-13/h13-14,16H,2,5-6H2,1H3. The second-order valence-electron chi connectivity index (χ2n) is 3.49. The third-order valence-corrected chi connectivity index (χ3v) is 2.35. The van der Waals surface area contributed by atoms with Crippen LogP contribution in [0, 0.1) is 12.0 Å². The number of Topliss-reactive ketones (excluding diaryl/α,β-unsaturated/α-hetero) is 1. The van der Waals surface area contributed by atoms with Gasteiger partial charge in [-0.3, -0.25) is 4.79 Å². The zero-order valence-corrected chi connectivity index (χ0v) is 9.69. The Morgan fingerprint density at radius 1 is 1.44 bits per heavy atom. The van der Waals surface area contributed by atoms with E-state index < -0.39 is 17.5 Å². The van der Waals surface area contributed by atoms with Gasteiger partial charge < -0.3 is 20.1 Å². The molecular weight excluding hydrogens is 240 g/mol. The van der Waals surface area contributed by atoms with Crippen molar-refractivity contribution in [2.45, 2.75) is 19.8 Å². The zero-order chi connectivity index (χ0) is 13.7. The van der Waals surface area contributed by atoms with E-state index in [1.165, 1.54) is 6.11 Å². The first-order chi connectivity index (χ1) is 8.51. The molecule has 0 unspecified atom stereocenters. The molecule has 0 saturated carbocycles. The van der Waals surface area contributed by atoms with Gasteiger partial charge in [0.2, 0.25) is 0 Å². The van der Waals surface area contributed by atoms with Crippen molar-refractivity contribution in [3.8, 4) is 12.0 Å². The van der Waals surface area contributed by atoms with E-state index in [1.807, 2.05) is 5.92 Å². The average Bonchev–Trinajstić information content (AvgIpc) is 2.32. The fourth-order valence-electron chi connectivity index (χ4n) is 1.49. The molecule has 0 aromatic rings. The maximum atomic E-state index is 11.7. The molecule has 0 amide bonds. The predicted molar refractivity (Wildman–Crippen MR) is 59.9 cm³/mol. The molecule has 0 heterocycles. The molecule has 0 saturated heterocycles. The number of rotatable bonds is 2. The lowest BCUT2D eigenvalue weighted by atomic mass is 9.91. The topological polar surface area (TPSA) is 104 Å². The Morgan fingerprint density at radius 3 is 2.67 bits per heavy atom. The summed E-state index contributed by atoms with van der Waals surface area (Å²) in [7, 11) is 0. The normalized spacial score (nSPS) is 17.9. The van der Waals surface area contributed by atoms with Crippen molar-refractivity contribution in [1.29, 1.82) is 0 Å². The fraction of sp³-hybridized carbons (Fsp3) is 0.333. The molecule has 18 heavy (non-hydrogen) atoms. The van der Waals surface area contributed by atoms with Gasteiger partial charge in [-0.25, -0.2) is 4.79 Å². The van der Waals surface area contributed by atoms with E-state index >= 15 is 0 Å². The van der Waals surface area contributed by atoms with Gasteiger partial charge in [0.15, 0.2) is 11.5 Å². The first kappa shape index (κ1) is 13.6. The van der Waals surface area contributed by atoms with Gasteiger partial charge in [0.25, 0.3) is 0 Å². The van der Waals surface area contributed by atoms with Gasteiger partial charge in [-0.2, -0.15) is 0 Å². The lowest BCUT2D eigenvalue weighted by Crippen LogP contribution is -2.21. The van der Waals surface area contributed by atoms with Crippen molar-refractivity contribution >= 4 is 11.8 Å². The average molecular weight is 252 g/mol. The summed E-state index contributed by atoms with van der Waals surface area (Å²) in [5.74, 6) is -0.347. The number of esters is 1. The number of ether oxygens (including phenoxy) is 1. The van der Waals surface area contributed by atoms with Gasteiger partial charge >= 0.3 is 5.97 Å². The minimum atomic E-state index is -0.755. The van der Waals surface area contributed by atoms with Gasteiger partial charge in [-0.05, 0) is 6.92 Å². The molecule has 1 rings (SSSR count). The number of aliphatic hydroxyl groups is 3. The molecule has 1 aliphatic rings. The summed E-state index contributed by atoms with van der Waals surface area (Å²) in [6, 6.07) is 0. The van der Waals surface area contributed by atoms with Crippen LogP contribution in [0.25, 0.3) is 0 Å². The van der Waals surface area contributed by atoms with Crippen molar-refractivity contribution in [3.05, 3.63) is 22.7 Å². The van der Waals surface area contributed by atoms with Crippen LogP contribution in [0.15, 0.2) is 22.7 Å². The number of aliphatic hydroxyl groups excluding tert-OH is 3. The predicted octanol–water partition coefficient (Wildman–Crippen LogP) is 0.870. The van der Waals surface area contributed by atoms with Crippen molar-refractivity contribution < 1.29 is 29.6 Å². The third-order valence-electron chi connectivity index (χ3n) is 2.35. The molecule has 6 nitrogen and oxygen atoms in total. The highest BCUT2D eigenvalue weighted by molar-refractivity contribution is 6.06. The number of hydrogen-bond donors (Lipinski definition) is 3. The molecule has 3 N–H and O–H groups in total.